The van der Waals surface area contributed by atoms with E-state index in [1.165, 1.54) is 24.3 Å². The lowest BCUT2D eigenvalue weighted by Gasteiger charge is -2.31. The van der Waals surface area contributed by atoms with Gasteiger partial charge in [-0.15, -0.1) is 0 Å². The van der Waals surface area contributed by atoms with E-state index in [1.807, 2.05) is 6.92 Å². The minimum Gasteiger partial charge on any atom is -0.508 e. The number of rotatable bonds is 4. The number of phenolic OH excluding ortho intramolecular Hbond substituents is 1. The van der Waals surface area contributed by atoms with Crippen molar-refractivity contribution in [1.29, 1.82) is 0 Å². The van der Waals surface area contributed by atoms with Crippen molar-refractivity contribution < 1.29 is 19.7 Å². The van der Waals surface area contributed by atoms with Gasteiger partial charge in [0.2, 0.25) is 0 Å². The van der Waals surface area contributed by atoms with Gasteiger partial charge in [-0.25, -0.2) is 0 Å². The minimum absolute atomic E-state index is 0.0705. The molecule has 0 aliphatic carbocycles. The fourth-order valence-electron chi connectivity index (χ4n) is 2.84. The molecule has 0 saturated carbocycles. The van der Waals surface area contributed by atoms with Gasteiger partial charge in [0.15, 0.2) is 5.72 Å². The molecule has 2 aromatic rings. The standard InChI is InChI=1S/C19H20N2O4/c1-3-15-12-19(24,14-6-10-17(25-2)11-7-14)21(20-15)18(23)13-4-8-16(22)9-5-13/h4-11,22,24H,3,12H2,1-2H3/t19-/m0/s1. The number of methoxy groups -OCH3 is 1. The van der Waals surface area contributed by atoms with E-state index in [4.69, 9.17) is 4.74 Å². The molecule has 0 unspecified atom stereocenters. The Kier molecular flexibility index (Phi) is 4.46. The van der Waals surface area contributed by atoms with Crippen LogP contribution in [-0.2, 0) is 5.72 Å². The van der Waals surface area contributed by atoms with Gasteiger partial charge in [-0.3, -0.25) is 4.79 Å². The lowest BCUT2D eigenvalue weighted by Crippen LogP contribution is -2.43. The number of hydrogen-bond acceptors (Lipinski definition) is 5. The topological polar surface area (TPSA) is 82.4 Å². The van der Waals surface area contributed by atoms with Crippen LogP contribution in [0.2, 0.25) is 0 Å². The molecule has 25 heavy (non-hydrogen) atoms. The molecular weight excluding hydrogens is 320 g/mol. The third-order valence-corrected chi connectivity index (χ3v) is 4.31. The number of nitrogens with zero attached hydrogens (tertiary/aromatic N) is 2. The molecule has 6 nitrogen and oxygen atoms in total. The second kappa shape index (κ2) is 6.57. The van der Waals surface area contributed by atoms with Crippen LogP contribution in [-0.4, -0.2) is 34.0 Å². The van der Waals surface area contributed by atoms with Crippen LogP contribution in [0.15, 0.2) is 53.6 Å². The molecular formula is C19H20N2O4. The summed E-state index contributed by atoms with van der Waals surface area (Å²) in [7, 11) is 1.57. The maximum Gasteiger partial charge on any atom is 0.276 e. The predicted octanol–water partition coefficient (Wildman–Crippen LogP) is 2.86. The fourth-order valence-corrected chi connectivity index (χ4v) is 2.84. The zero-order valence-corrected chi connectivity index (χ0v) is 14.1. The van der Waals surface area contributed by atoms with Gasteiger partial charge in [-0.2, -0.15) is 10.1 Å². The van der Waals surface area contributed by atoms with Crippen LogP contribution in [0.25, 0.3) is 0 Å². The smallest absolute Gasteiger partial charge is 0.276 e. The normalized spacial score (nSPS) is 19.6. The first kappa shape index (κ1) is 17.0. The van der Waals surface area contributed by atoms with E-state index >= 15 is 0 Å². The summed E-state index contributed by atoms with van der Waals surface area (Å²) in [5.74, 6) is 0.307. The van der Waals surface area contributed by atoms with Gasteiger partial charge in [0.05, 0.1) is 7.11 Å². The first-order valence-corrected chi connectivity index (χ1v) is 8.05. The summed E-state index contributed by atoms with van der Waals surface area (Å²) in [6.07, 6.45) is 0.886. The number of hydrazone groups is 1. The molecule has 1 heterocycles. The molecule has 0 spiro atoms. The monoisotopic (exact) mass is 340 g/mol. The van der Waals surface area contributed by atoms with Crippen molar-refractivity contribution in [2.24, 2.45) is 5.10 Å². The van der Waals surface area contributed by atoms with E-state index in [2.05, 4.69) is 5.10 Å². The Morgan fingerprint density at radius 1 is 1.20 bits per heavy atom. The SMILES string of the molecule is CCC1=NN(C(=O)c2ccc(O)cc2)[C@@](O)(c2ccc(OC)cc2)C1. The average Bonchev–Trinajstić information content (AvgIpc) is 3.00. The van der Waals surface area contributed by atoms with Gasteiger partial charge in [0, 0.05) is 23.3 Å². The maximum atomic E-state index is 12.9. The first-order chi connectivity index (χ1) is 12.0. The van der Waals surface area contributed by atoms with Gasteiger partial charge >= 0.3 is 0 Å². The molecule has 0 fully saturated rings. The summed E-state index contributed by atoms with van der Waals surface area (Å²) in [6, 6.07) is 12.8. The highest BCUT2D eigenvalue weighted by molar-refractivity contribution is 5.98. The molecule has 0 bridgehead atoms. The van der Waals surface area contributed by atoms with E-state index in [9.17, 15) is 15.0 Å². The number of aliphatic hydroxyl groups is 1. The molecule has 1 aliphatic heterocycles. The van der Waals surface area contributed by atoms with Crippen molar-refractivity contribution in [3.63, 3.8) is 0 Å². The van der Waals surface area contributed by atoms with E-state index in [1.54, 1.807) is 31.4 Å². The largest absolute Gasteiger partial charge is 0.508 e. The molecule has 1 atom stereocenters. The molecule has 3 rings (SSSR count). The van der Waals surface area contributed by atoms with Crippen molar-refractivity contribution in [3.05, 3.63) is 59.7 Å². The number of aromatic hydroxyl groups is 1. The van der Waals surface area contributed by atoms with Crippen LogP contribution in [0.4, 0.5) is 0 Å². The third-order valence-electron chi connectivity index (χ3n) is 4.31. The van der Waals surface area contributed by atoms with Gasteiger partial charge < -0.3 is 14.9 Å². The zero-order valence-electron chi connectivity index (χ0n) is 14.1. The van der Waals surface area contributed by atoms with Crippen LogP contribution in [0, 0.1) is 0 Å². The Labute approximate surface area is 146 Å². The molecule has 0 saturated heterocycles. The Morgan fingerprint density at radius 3 is 2.40 bits per heavy atom. The summed E-state index contributed by atoms with van der Waals surface area (Å²) in [4.78, 5) is 12.9. The van der Waals surface area contributed by atoms with Crippen molar-refractivity contribution in [2.75, 3.05) is 7.11 Å². The van der Waals surface area contributed by atoms with Crippen LogP contribution in [0.5, 0.6) is 11.5 Å². The number of phenols is 1. The Balaban J connectivity index is 1.99. The number of benzene rings is 2. The van der Waals surface area contributed by atoms with Gasteiger partial charge in [-0.1, -0.05) is 19.1 Å². The summed E-state index contributed by atoms with van der Waals surface area (Å²) >= 11 is 0. The van der Waals surface area contributed by atoms with Crippen LogP contribution >= 0.6 is 0 Å². The molecule has 0 radical (unpaired) electrons. The highest BCUT2D eigenvalue weighted by Crippen LogP contribution is 2.37. The highest BCUT2D eigenvalue weighted by atomic mass is 16.5. The quantitative estimate of drug-likeness (QED) is 0.896. The van der Waals surface area contributed by atoms with Crippen LogP contribution < -0.4 is 4.74 Å². The maximum absolute atomic E-state index is 12.9. The fraction of sp³-hybridized carbons (Fsp3) is 0.263. The predicted molar refractivity (Wildman–Crippen MR) is 93.5 cm³/mol. The van der Waals surface area contributed by atoms with Crippen molar-refractivity contribution in [1.82, 2.24) is 5.01 Å². The Morgan fingerprint density at radius 2 is 1.84 bits per heavy atom. The second-order valence-electron chi connectivity index (χ2n) is 5.91. The molecule has 6 heteroatoms. The summed E-state index contributed by atoms with van der Waals surface area (Å²) in [5.41, 5.74) is 0.0935. The lowest BCUT2D eigenvalue weighted by atomic mass is 9.96. The van der Waals surface area contributed by atoms with Crippen molar-refractivity contribution in [2.45, 2.75) is 25.5 Å². The number of carbonyl (C=O) groups excluding carboxylic acids is 1. The molecule has 1 aliphatic rings. The number of amides is 1. The van der Waals surface area contributed by atoms with Crippen molar-refractivity contribution in [3.8, 4) is 11.5 Å². The second-order valence-corrected chi connectivity index (χ2v) is 5.91. The zero-order chi connectivity index (χ0) is 18.0. The van der Waals surface area contributed by atoms with E-state index in [0.717, 1.165) is 10.7 Å². The highest BCUT2D eigenvalue weighted by Gasteiger charge is 2.45. The molecule has 0 aromatic heterocycles. The lowest BCUT2D eigenvalue weighted by molar-refractivity contribution is -0.0765. The number of ether oxygens (including phenoxy) is 1. The van der Waals surface area contributed by atoms with Crippen LogP contribution in [0.3, 0.4) is 0 Å². The molecule has 2 N–H and O–H groups in total. The summed E-state index contributed by atoms with van der Waals surface area (Å²) < 4.78 is 5.15. The van der Waals surface area contributed by atoms with Crippen molar-refractivity contribution >= 4 is 11.6 Å². The molecule has 1 amide bonds. The van der Waals surface area contributed by atoms with Gasteiger partial charge in [-0.05, 0) is 42.8 Å². The van der Waals surface area contributed by atoms with E-state index in [-0.39, 0.29) is 12.2 Å². The van der Waals surface area contributed by atoms with E-state index in [0.29, 0.717) is 23.3 Å². The summed E-state index contributed by atoms with van der Waals surface area (Å²) in [5, 5.41) is 26.1. The van der Waals surface area contributed by atoms with Gasteiger partial charge in [0.1, 0.15) is 11.5 Å². The summed E-state index contributed by atoms with van der Waals surface area (Å²) in [6.45, 7) is 1.93. The first-order valence-electron chi connectivity index (χ1n) is 8.05. The third kappa shape index (κ3) is 3.08. The molecule has 2 aromatic carbocycles. The Hall–Kier alpha value is -2.86. The van der Waals surface area contributed by atoms with Crippen LogP contribution in [0.1, 0.15) is 35.7 Å². The number of hydrogen-bond donors (Lipinski definition) is 2. The van der Waals surface area contributed by atoms with Gasteiger partial charge in [0.25, 0.3) is 5.91 Å². The Bertz CT molecular complexity index is 799. The van der Waals surface area contributed by atoms with E-state index < -0.39 is 11.6 Å². The number of carbonyl (C=O) groups is 1. The average molecular weight is 340 g/mol. The minimum atomic E-state index is -1.55. The molecule has 130 valence electrons.